The fourth-order valence-electron chi connectivity index (χ4n) is 0.771. The first-order valence-electron chi connectivity index (χ1n) is 3.50. The van der Waals surface area contributed by atoms with Crippen LogP contribution in [0.5, 0.6) is 0 Å². The van der Waals surface area contributed by atoms with Crippen LogP contribution >= 0.6 is 11.3 Å². The average Bonchev–Trinajstić information content (AvgIpc) is 2.65. The Bertz CT molecular complexity index is 359. The van der Waals surface area contributed by atoms with Crippen molar-refractivity contribution >= 4 is 23.4 Å². The SMILES string of the molecule is COC(=O)C(C#N)=Cc1ccsc1. The normalized spacial score (nSPS) is 10.6. The Hall–Kier alpha value is -1.60. The van der Waals surface area contributed by atoms with Gasteiger partial charge in [-0.3, -0.25) is 0 Å². The summed E-state index contributed by atoms with van der Waals surface area (Å²) < 4.78 is 4.43. The molecule has 1 aromatic heterocycles. The van der Waals surface area contributed by atoms with Gasteiger partial charge in [-0.05, 0) is 28.5 Å². The van der Waals surface area contributed by atoms with E-state index in [0.717, 1.165) is 5.56 Å². The van der Waals surface area contributed by atoms with Gasteiger partial charge in [-0.2, -0.15) is 16.6 Å². The van der Waals surface area contributed by atoms with Crippen molar-refractivity contribution in [3.8, 4) is 6.07 Å². The van der Waals surface area contributed by atoms with Gasteiger partial charge in [0.15, 0.2) is 0 Å². The van der Waals surface area contributed by atoms with Gasteiger partial charge in [0, 0.05) is 0 Å². The van der Waals surface area contributed by atoms with Crippen molar-refractivity contribution in [2.45, 2.75) is 0 Å². The van der Waals surface area contributed by atoms with Gasteiger partial charge in [0.2, 0.25) is 0 Å². The van der Waals surface area contributed by atoms with Gasteiger partial charge >= 0.3 is 5.97 Å². The average molecular weight is 193 g/mol. The zero-order valence-corrected chi connectivity index (χ0v) is 7.80. The van der Waals surface area contributed by atoms with Crippen LogP contribution in [0.3, 0.4) is 0 Å². The summed E-state index contributed by atoms with van der Waals surface area (Å²) >= 11 is 1.51. The molecule has 13 heavy (non-hydrogen) atoms. The number of carbonyl (C=O) groups excluding carboxylic acids is 1. The molecule has 0 aliphatic rings. The Balaban J connectivity index is 2.91. The van der Waals surface area contributed by atoms with E-state index >= 15 is 0 Å². The molecule has 1 rings (SSSR count). The van der Waals surface area contributed by atoms with Crippen LogP contribution < -0.4 is 0 Å². The molecule has 0 aromatic carbocycles. The monoisotopic (exact) mass is 193 g/mol. The van der Waals surface area contributed by atoms with Crippen LogP contribution in [-0.2, 0) is 9.53 Å². The van der Waals surface area contributed by atoms with Crippen molar-refractivity contribution in [3.63, 3.8) is 0 Å². The second-order valence-corrected chi connectivity index (χ2v) is 3.00. The molecule has 3 nitrogen and oxygen atoms in total. The quantitative estimate of drug-likeness (QED) is 0.409. The topological polar surface area (TPSA) is 50.1 Å². The van der Waals surface area contributed by atoms with E-state index in [9.17, 15) is 4.79 Å². The van der Waals surface area contributed by atoms with Crippen LogP contribution in [0.25, 0.3) is 6.08 Å². The number of rotatable bonds is 2. The highest BCUT2D eigenvalue weighted by Crippen LogP contribution is 2.11. The third-order valence-electron chi connectivity index (χ3n) is 1.38. The molecule has 0 aliphatic carbocycles. The van der Waals surface area contributed by atoms with E-state index in [1.807, 2.05) is 16.8 Å². The Morgan fingerprint density at radius 1 is 1.77 bits per heavy atom. The van der Waals surface area contributed by atoms with Gasteiger partial charge in [0.05, 0.1) is 7.11 Å². The number of esters is 1. The van der Waals surface area contributed by atoms with Crippen molar-refractivity contribution in [2.75, 3.05) is 7.11 Å². The van der Waals surface area contributed by atoms with E-state index in [-0.39, 0.29) is 5.57 Å². The Labute approximate surface area is 79.9 Å². The van der Waals surface area contributed by atoms with Crippen LogP contribution in [0, 0.1) is 11.3 Å². The van der Waals surface area contributed by atoms with E-state index in [1.165, 1.54) is 24.5 Å². The molecule has 0 saturated heterocycles. The number of methoxy groups -OCH3 is 1. The second-order valence-electron chi connectivity index (χ2n) is 2.22. The fourth-order valence-corrected chi connectivity index (χ4v) is 1.39. The van der Waals surface area contributed by atoms with Crippen molar-refractivity contribution in [1.29, 1.82) is 5.26 Å². The first kappa shape index (κ1) is 9.49. The zero-order valence-electron chi connectivity index (χ0n) is 6.98. The van der Waals surface area contributed by atoms with Gasteiger partial charge in [-0.25, -0.2) is 4.79 Å². The summed E-state index contributed by atoms with van der Waals surface area (Å²) in [6.45, 7) is 0. The van der Waals surface area contributed by atoms with Crippen molar-refractivity contribution in [2.24, 2.45) is 0 Å². The molecule has 0 amide bonds. The van der Waals surface area contributed by atoms with Crippen LogP contribution in [0.1, 0.15) is 5.56 Å². The van der Waals surface area contributed by atoms with E-state index in [2.05, 4.69) is 4.74 Å². The summed E-state index contributed by atoms with van der Waals surface area (Å²) in [6.07, 6.45) is 1.50. The summed E-state index contributed by atoms with van der Waals surface area (Å²) in [5.41, 5.74) is 0.854. The van der Waals surface area contributed by atoms with Gasteiger partial charge in [-0.1, -0.05) is 0 Å². The Morgan fingerprint density at radius 2 is 2.54 bits per heavy atom. The summed E-state index contributed by atoms with van der Waals surface area (Å²) in [6, 6.07) is 3.61. The highest BCUT2D eigenvalue weighted by Gasteiger charge is 2.07. The molecule has 66 valence electrons. The van der Waals surface area contributed by atoms with E-state index < -0.39 is 5.97 Å². The first-order valence-corrected chi connectivity index (χ1v) is 4.44. The minimum atomic E-state index is -0.603. The van der Waals surface area contributed by atoms with Crippen LogP contribution in [0.2, 0.25) is 0 Å². The molecule has 0 atom stereocenters. The van der Waals surface area contributed by atoms with E-state index in [4.69, 9.17) is 5.26 Å². The molecule has 0 radical (unpaired) electrons. The molecule has 0 unspecified atom stereocenters. The van der Waals surface area contributed by atoms with Crippen molar-refractivity contribution < 1.29 is 9.53 Å². The Kier molecular flexibility index (Phi) is 3.23. The molecule has 0 spiro atoms. The van der Waals surface area contributed by atoms with Crippen molar-refractivity contribution in [1.82, 2.24) is 0 Å². The zero-order chi connectivity index (χ0) is 9.68. The molecule has 0 bridgehead atoms. The van der Waals surface area contributed by atoms with Gasteiger partial charge < -0.3 is 4.74 Å². The van der Waals surface area contributed by atoms with Gasteiger partial charge in [0.1, 0.15) is 11.6 Å². The molecule has 0 aliphatic heterocycles. The molecule has 1 aromatic rings. The summed E-state index contributed by atoms with van der Waals surface area (Å²) in [4.78, 5) is 11.0. The predicted octanol–water partition coefficient (Wildman–Crippen LogP) is 1.83. The number of carbonyl (C=O) groups is 1. The molecule has 0 fully saturated rings. The first-order chi connectivity index (χ1) is 6.27. The van der Waals surface area contributed by atoms with Crippen LogP contribution in [-0.4, -0.2) is 13.1 Å². The molecule has 0 saturated carbocycles. The summed E-state index contributed by atoms with van der Waals surface area (Å²) in [5, 5.41) is 12.3. The summed E-state index contributed by atoms with van der Waals surface area (Å²) in [5.74, 6) is -0.603. The standard InChI is InChI=1S/C9H7NO2S/c1-12-9(11)8(5-10)4-7-2-3-13-6-7/h2-4,6H,1H3. The highest BCUT2D eigenvalue weighted by atomic mass is 32.1. The number of nitrogens with zero attached hydrogens (tertiary/aromatic N) is 1. The van der Waals surface area contributed by atoms with Gasteiger partial charge in [0.25, 0.3) is 0 Å². The molecule has 1 heterocycles. The number of ether oxygens (including phenoxy) is 1. The Morgan fingerprint density at radius 3 is 3.00 bits per heavy atom. The molecule has 0 N–H and O–H groups in total. The third kappa shape index (κ3) is 2.42. The number of hydrogen-bond donors (Lipinski definition) is 0. The van der Waals surface area contributed by atoms with Crippen LogP contribution in [0.15, 0.2) is 22.4 Å². The molecule has 4 heteroatoms. The lowest BCUT2D eigenvalue weighted by molar-refractivity contribution is -0.135. The van der Waals surface area contributed by atoms with Gasteiger partial charge in [-0.15, -0.1) is 0 Å². The smallest absolute Gasteiger partial charge is 0.348 e. The number of thiophene rings is 1. The maximum atomic E-state index is 11.0. The maximum Gasteiger partial charge on any atom is 0.348 e. The summed E-state index contributed by atoms with van der Waals surface area (Å²) in [7, 11) is 1.25. The van der Waals surface area contributed by atoms with E-state index in [1.54, 1.807) is 6.07 Å². The predicted molar refractivity (Wildman–Crippen MR) is 49.9 cm³/mol. The van der Waals surface area contributed by atoms with Crippen molar-refractivity contribution in [3.05, 3.63) is 28.0 Å². The minimum absolute atomic E-state index is 0.0147. The molecular formula is C9H7NO2S. The lowest BCUT2D eigenvalue weighted by Crippen LogP contribution is -2.02. The highest BCUT2D eigenvalue weighted by molar-refractivity contribution is 7.08. The molecular weight excluding hydrogens is 186 g/mol. The van der Waals surface area contributed by atoms with E-state index in [0.29, 0.717) is 0 Å². The lowest BCUT2D eigenvalue weighted by atomic mass is 10.2. The third-order valence-corrected chi connectivity index (χ3v) is 2.08. The largest absolute Gasteiger partial charge is 0.465 e. The van der Waals surface area contributed by atoms with Crippen LogP contribution in [0.4, 0.5) is 0 Å². The lowest BCUT2D eigenvalue weighted by Gasteiger charge is -1.93. The number of nitriles is 1. The maximum absolute atomic E-state index is 11.0. The number of hydrogen-bond acceptors (Lipinski definition) is 4. The second kappa shape index (κ2) is 4.43. The minimum Gasteiger partial charge on any atom is -0.465 e. The fraction of sp³-hybridized carbons (Fsp3) is 0.111.